The van der Waals surface area contributed by atoms with Crippen LogP contribution in [0.2, 0.25) is 0 Å². The lowest BCUT2D eigenvalue weighted by Crippen LogP contribution is -2.20. The lowest BCUT2D eigenvalue weighted by atomic mass is 9.90. The summed E-state index contributed by atoms with van der Waals surface area (Å²) in [6.45, 7) is 0.621. The van der Waals surface area contributed by atoms with E-state index in [0.717, 1.165) is 11.3 Å². The molecule has 1 N–H and O–H groups in total. The van der Waals surface area contributed by atoms with Crippen molar-refractivity contribution in [2.75, 3.05) is 33.6 Å². The first-order valence-corrected chi connectivity index (χ1v) is 10.0. The number of rotatable bonds is 5. The molecular formula is C20H25NO5S. The summed E-state index contributed by atoms with van der Waals surface area (Å²) in [6.07, 6.45) is 2.26. The molecule has 0 bridgehead atoms. The number of thioether (sulfide) groups is 1. The zero-order valence-corrected chi connectivity index (χ0v) is 16.7. The summed E-state index contributed by atoms with van der Waals surface area (Å²) in [5.74, 6) is 2.78. The molecule has 2 aliphatic rings. The van der Waals surface area contributed by atoms with E-state index < -0.39 is 0 Å². The Bertz CT molecular complexity index is 787. The number of carbonyl (C=O) groups excluding carboxylic acids is 1. The second-order valence-corrected chi connectivity index (χ2v) is 7.72. The number of hydrogen-bond donors (Lipinski definition) is 1. The van der Waals surface area contributed by atoms with Crippen LogP contribution in [-0.4, -0.2) is 50.2 Å². The summed E-state index contributed by atoms with van der Waals surface area (Å²) < 4.78 is 16.5. The highest BCUT2D eigenvalue weighted by atomic mass is 32.2. The van der Waals surface area contributed by atoms with Crippen LogP contribution in [0.15, 0.2) is 28.5 Å². The number of benzene rings is 1. The first-order valence-electron chi connectivity index (χ1n) is 9.00. The van der Waals surface area contributed by atoms with E-state index in [9.17, 15) is 9.90 Å². The number of ether oxygens (including phenoxy) is 3. The van der Waals surface area contributed by atoms with Crippen molar-refractivity contribution in [2.45, 2.75) is 30.9 Å². The highest BCUT2D eigenvalue weighted by molar-refractivity contribution is 7.99. The SMILES string of the molecule is COc1ccc(C2CC(C3=C(O)CCCC3=O)=NCCS2)c(OC)c1OC. The predicted octanol–water partition coefficient (Wildman–Crippen LogP) is 3.90. The molecule has 6 nitrogen and oxygen atoms in total. The molecule has 0 radical (unpaired) electrons. The van der Waals surface area contributed by atoms with Gasteiger partial charge in [0.25, 0.3) is 0 Å². The number of allylic oxidation sites excluding steroid dienone is 2. The van der Waals surface area contributed by atoms with Crippen molar-refractivity contribution in [3.05, 3.63) is 29.0 Å². The third-order valence-electron chi connectivity index (χ3n) is 4.85. The van der Waals surface area contributed by atoms with Crippen LogP contribution in [0.25, 0.3) is 0 Å². The van der Waals surface area contributed by atoms with Crippen molar-refractivity contribution >= 4 is 23.3 Å². The Morgan fingerprint density at radius 2 is 1.89 bits per heavy atom. The van der Waals surface area contributed by atoms with E-state index in [1.54, 1.807) is 33.1 Å². The van der Waals surface area contributed by atoms with E-state index >= 15 is 0 Å². The molecule has 0 aromatic heterocycles. The number of carbonyl (C=O) groups is 1. The second kappa shape index (κ2) is 8.69. The van der Waals surface area contributed by atoms with Crippen molar-refractivity contribution < 1.29 is 24.1 Å². The summed E-state index contributed by atoms with van der Waals surface area (Å²) >= 11 is 1.76. The van der Waals surface area contributed by atoms with Gasteiger partial charge in [0.05, 0.1) is 32.6 Å². The largest absolute Gasteiger partial charge is 0.511 e. The minimum atomic E-state index is -0.0116. The molecule has 0 saturated carbocycles. The molecule has 1 aliphatic heterocycles. The fourth-order valence-electron chi connectivity index (χ4n) is 3.59. The normalized spacial score (nSPS) is 20.8. The molecule has 1 atom stereocenters. The number of Topliss-reactive ketones (excluding diaryl/α,β-unsaturated/α-hetero) is 1. The van der Waals surface area contributed by atoms with Gasteiger partial charge in [-0.05, 0) is 12.5 Å². The van der Waals surface area contributed by atoms with E-state index in [1.165, 1.54) is 0 Å². The molecule has 7 heteroatoms. The zero-order valence-electron chi connectivity index (χ0n) is 15.9. The van der Waals surface area contributed by atoms with E-state index in [2.05, 4.69) is 4.99 Å². The van der Waals surface area contributed by atoms with Crippen LogP contribution in [0, 0.1) is 0 Å². The minimum Gasteiger partial charge on any atom is -0.511 e. The van der Waals surface area contributed by atoms with Gasteiger partial charge in [-0.2, -0.15) is 11.8 Å². The van der Waals surface area contributed by atoms with Crippen LogP contribution >= 0.6 is 11.8 Å². The molecule has 0 fully saturated rings. The van der Waals surface area contributed by atoms with Gasteiger partial charge in [0.15, 0.2) is 17.3 Å². The van der Waals surface area contributed by atoms with Crippen molar-refractivity contribution in [2.24, 2.45) is 4.99 Å². The Morgan fingerprint density at radius 3 is 2.56 bits per heavy atom. The van der Waals surface area contributed by atoms with Crippen molar-refractivity contribution in [1.29, 1.82) is 0 Å². The maximum Gasteiger partial charge on any atom is 0.203 e. The molecule has 3 rings (SSSR count). The number of aliphatic imine (C=N–C) groups is 1. The van der Waals surface area contributed by atoms with Crippen LogP contribution in [-0.2, 0) is 4.79 Å². The quantitative estimate of drug-likeness (QED) is 0.820. The molecule has 0 saturated heterocycles. The minimum absolute atomic E-state index is 0.0116. The molecule has 1 aromatic rings. The van der Waals surface area contributed by atoms with Gasteiger partial charge in [0.2, 0.25) is 5.75 Å². The van der Waals surface area contributed by atoms with Gasteiger partial charge in [-0.1, -0.05) is 6.07 Å². The molecule has 0 amide bonds. The third-order valence-corrected chi connectivity index (χ3v) is 6.09. The van der Waals surface area contributed by atoms with Gasteiger partial charge in [0.1, 0.15) is 5.76 Å². The Labute approximate surface area is 163 Å². The Morgan fingerprint density at radius 1 is 1.11 bits per heavy atom. The third kappa shape index (κ3) is 3.93. The standard InChI is InChI=1S/C20H25NO5S/c1-24-16-8-7-12(19(25-2)20(16)26-3)17-11-13(21-9-10-27-17)18-14(22)5-4-6-15(18)23/h7-8,17,22H,4-6,9-11H2,1-3H3. The monoisotopic (exact) mass is 391 g/mol. The topological polar surface area (TPSA) is 77.4 Å². The molecular weight excluding hydrogens is 366 g/mol. The molecule has 1 aromatic carbocycles. The Balaban J connectivity index is 1.99. The lowest BCUT2D eigenvalue weighted by Gasteiger charge is -2.23. The molecule has 146 valence electrons. The molecule has 27 heavy (non-hydrogen) atoms. The van der Waals surface area contributed by atoms with Gasteiger partial charge < -0.3 is 19.3 Å². The van der Waals surface area contributed by atoms with Gasteiger partial charge in [-0.15, -0.1) is 0 Å². The molecule has 1 aliphatic carbocycles. The van der Waals surface area contributed by atoms with Crippen LogP contribution in [0.1, 0.15) is 36.5 Å². The first-order chi connectivity index (χ1) is 13.1. The van der Waals surface area contributed by atoms with Crippen LogP contribution in [0.5, 0.6) is 17.2 Å². The van der Waals surface area contributed by atoms with Crippen molar-refractivity contribution in [1.82, 2.24) is 0 Å². The molecule has 1 unspecified atom stereocenters. The fourth-order valence-corrected chi connectivity index (χ4v) is 4.71. The Kier molecular flexibility index (Phi) is 6.31. The summed E-state index contributed by atoms with van der Waals surface area (Å²) in [7, 11) is 4.78. The van der Waals surface area contributed by atoms with Gasteiger partial charge in [-0.25, -0.2) is 0 Å². The number of hydrogen-bond acceptors (Lipinski definition) is 7. The van der Waals surface area contributed by atoms with E-state index in [4.69, 9.17) is 14.2 Å². The average Bonchev–Trinajstić information content (AvgIpc) is 2.92. The molecule has 1 heterocycles. The summed E-state index contributed by atoms with van der Waals surface area (Å²) in [4.78, 5) is 17.0. The highest BCUT2D eigenvalue weighted by Crippen LogP contribution is 2.47. The summed E-state index contributed by atoms with van der Waals surface area (Å²) in [5, 5.41) is 10.3. The number of nitrogens with zero attached hydrogens (tertiary/aromatic N) is 1. The second-order valence-electron chi connectivity index (χ2n) is 6.41. The predicted molar refractivity (Wildman–Crippen MR) is 107 cm³/mol. The van der Waals surface area contributed by atoms with Crippen LogP contribution in [0.3, 0.4) is 0 Å². The lowest BCUT2D eigenvalue weighted by molar-refractivity contribution is -0.115. The van der Waals surface area contributed by atoms with Crippen LogP contribution in [0.4, 0.5) is 0 Å². The zero-order chi connectivity index (χ0) is 19.4. The maximum absolute atomic E-state index is 12.4. The smallest absolute Gasteiger partial charge is 0.203 e. The Hall–Kier alpha value is -2.15. The average molecular weight is 391 g/mol. The van der Waals surface area contributed by atoms with Gasteiger partial charge in [0, 0.05) is 42.4 Å². The molecule has 0 spiro atoms. The number of ketones is 1. The van der Waals surface area contributed by atoms with Gasteiger partial charge in [-0.3, -0.25) is 9.79 Å². The van der Waals surface area contributed by atoms with Crippen molar-refractivity contribution in [3.8, 4) is 17.2 Å². The van der Waals surface area contributed by atoms with Crippen LogP contribution < -0.4 is 14.2 Å². The highest BCUT2D eigenvalue weighted by Gasteiger charge is 2.30. The number of methoxy groups -OCH3 is 3. The number of aliphatic hydroxyl groups is 1. The summed E-state index contributed by atoms with van der Waals surface area (Å²) in [6, 6.07) is 3.83. The first kappa shape index (κ1) is 19.6. The van der Waals surface area contributed by atoms with Crippen molar-refractivity contribution in [3.63, 3.8) is 0 Å². The number of aliphatic hydroxyl groups excluding tert-OH is 1. The van der Waals surface area contributed by atoms with E-state index in [1.807, 2.05) is 12.1 Å². The van der Waals surface area contributed by atoms with Gasteiger partial charge >= 0.3 is 0 Å². The van der Waals surface area contributed by atoms with E-state index in [0.29, 0.717) is 60.8 Å². The fraction of sp³-hybridized carbons (Fsp3) is 0.500. The summed E-state index contributed by atoms with van der Waals surface area (Å²) in [5.41, 5.74) is 2.09. The van der Waals surface area contributed by atoms with E-state index in [-0.39, 0.29) is 16.8 Å². The maximum atomic E-state index is 12.4.